The molecule has 0 amide bonds. The lowest BCUT2D eigenvalue weighted by atomic mass is 9.93. The monoisotopic (exact) mass is 294 g/mol. The molecule has 20 heavy (non-hydrogen) atoms. The standard InChI is InChI=1S/C17H30N2S/c1-17(2,3)15-13-20-16(19-15)11-12-18-14-9-7-5-4-6-8-10-14/h13-14,18H,4-12H2,1-3H3. The Hall–Kier alpha value is -0.410. The minimum absolute atomic E-state index is 0.182. The fourth-order valence-electron chi connectivity index (χ4n) is 2.81. The van der Waals surface area contributed by atoms with Crippen molar-refractivity contribution >= 4 is 11.3 Å². The van der Waals surface area contributed by atoms with Crippen molar-refractivity contribution < 1.29 is 0 Å². The summed E-state index contributed by atoms with van der Waals surface area (Å²) in [5.74, 6) is 0. The molecule has 1 aromatic rings. The fraction of sp³-hybridized carbons (Fsp3) is 0.824. The molecular weight excluding hydrogens is 264 g/mol. The zero-order valence-electron chi connectivity index (χ0n) is 13.4. The van der Waals surface area contributed by atoms with E-state index in [0.29, 0.717) is 0 Å². The van der Waals surface area contributed by atoms with Crippen molar-refractivity contribution in [1.29, 1.82) is 0 Å². The predicted molar refractivity (Wildman–Crippen MR) is 88.6 cm³/mol. The van der Waals surface area contributed by atoms with Crippen LogP contribution in [0.15, 0.2) is 5.38 Å². The Bertz CT molecular complexity index is 384. The Balaban J connectivity index is 1.73. The van der Waals surface area contributed by atoms with Crippen molar-refractivity contribution in [3.8, 4) is 0 Å². The first kappa shape index (κ1) is 16.0. The van der Waals surface area contributed by atoms with Gasteiger partial charge in [0.15, 0.2) is 0 Å². The van der Waals surface area contributed by atoms with E-state index in [1.54, 1.807) is 0 Å². The van der Waals surface area contributed by atoms with E-state index in [4.69, 9.17) is 4.98 Å². The molecule has 114 valence electrons. The van der Waals surface area contributed by atoms with Gasteiger partial charge in [-0.2, -0.15) is 0 Å². The lowest BCUT2D eigenvalue weighted by Gasteiger charge is -2.20. The van der Waals surface area contributed by atoms with Gasteiger partial charge in [0, 0.05) is 29.8 Å². The highest BCUT2D eigenvalue weighted by Crippen LogP contribution is 2.24. The summed E-state index contributed by atoms with van der Waals surface area (Å²) >= 11 is 1.82. The molecule has 1 aliphatic rings. The van der Waals surface area contributed by atoms with Crippen LogP contribution in [0.4, 0.5) is 0 Å². The first-order valence-electron chi connectivity index (χ1n) is 8.24. The molecule has 0 bridgehead atoms. The highest BCUT2D eigenvalue weighted by atomic mass is 32.1. The highest BCUT2D eigenvalue weighted by molar-refractivity contribution is 7.09. The molecular formula is C17H30N2S. The SMILES string of the molecule is CC(C)(C)c1csc(CCNC2CCCCCCC2)n1. The molecule has 2 nitrogen and oxygen atoms in total. The minimum Gasteiger partial charge on any atom is -0.314 e. The fourth-order valence-corrected chi connectivity index (χ4v) is 3.84. The number of hydrogen-bond acceptors (Lipinski definition) is 3. The average molecular weight is 295 g/mol. The normalized spacial score (nSPS) is 18.8. The molecule has 0 saturated heterocycles. The van der Waals surface area contributed by atoms with Crippen molar-refractivity contribution in [3.63, 3.8) is 0 Å². The number of rotatable bonds is 4. The van der Waals surface area contributed by atoms with Crippen LogP contribution in [0.2, 0.25) is 0 Å². The molecule has 1 aromatic heterocycles. The van der Waals surface area contributed by atoms with Gasteiger partial charge in [-0.15, -0.1) is 11.3 Å². The molecule has 0 aliphatic heterocycles. The lowest BCUT2D eigenvalue weighted by molar-refractivity contribution is 0.392. The van der Waals surface area contributed by atoms with Gasteiger partial charge >= 0.3 is 0 Å². The average Bonchev–Trinajstić information content (AvgIpc) is 2.80. The third-order valence-corrected chi connectivity index (χ3v) is 5.11. The van der Waals surface area contributed by atoms with Crippen LogP contribution in [-0.2, 0) is 11.8 Å². The Kier molecular flexibility index (Phi) is 6.03. The number of nitrogens with one attached hydrogen (secondary N) is 1. The summed E-state index contributed by atoms with van der Waals surface area (Å²) in [7, 11) is 0. The zero-order valence-corrected chi connectivity index (χ0v) is 14.2. The van der Waals surface area contributed by atoms with Gasteiger partial charge in [0.1, 0.15) is 0 Å². The Morgan fingerprint density at radius 2 is 1.80 bits per heavy atom. The third-order valence-electron chi connectivity index (χ3n) is 4.20. The van der Waals surface area contributed by atoms with Crippen molar-refractivity contribution in [3.05, 3.63) is 16.1 Å². The summed E-state index contributed by atoms with van der Waals surface area (Å²) in [4.78, 5) is 4.78. The van der Waals surface area contributed by atoms with Crippen LogP contribution >= 0.6 is 11.3 Å². The minimum atomic E-state index is 0.182. The van der Waals surface area contributed by atoms with Crippen LogP contribution in [0.25, 0.3) is 0 Å². The van der Waals surface area contributed by atoms with E-state index in [1.165, 1.54) is 55.6 Å². The molecule has 0 radical (unpaired) electrons. The van der Waals surface area contributed by atoms with E-state index in [9.17, 15) is 0 Å². The maximum Gasteiger partial charge on any atom is 0.0941 e. The molecule has 2 rings (SSSR count). The van der Waals surface area contributed by atoms with E-state index in [1.807, 2.05) is 11.3 Å². The summed E-state index contributed by atoms with van der Waals surface area (Å²) in [5, 5.41) is 7.27. The molecule has 1 saturated carbocycles. The van der Waals surface area contributed by atoms with E-state index >= 15 is 0 Å². The van der Waals surface area contributed by atoms with Crippen LogP contribution in [0.1, 0.15) is 76.4 Å². The summed E-state index contributed by atoms with van der Waals surface area (Å²) in [6.07, 6.45) is 10.9. The van der Waals surface area contributed by atoms with Crippen molar-refractivity contribution in [2.45, 2.75) is 83.6 Å². The molecule has 1 heterocycles. The summed E-state index contributed by atoms with van der Waals surface area (Å²) < 4.78 is 0. The molecule has 0 aromatic carbocycles. The Labute approximate surface area is 128 Å². The molecule has 0 unspecified atom stereocenters. The number of thiazole rings is 1. The number of nitrogens with zero attached hydrogens (tertiary/aromatic N) is 1. The summed E-state index contributed by atoms with van der Waals surface area (Å²) in [5.41, 5.74) is 1.42. The highest BCUT2D eigenvalue weighted by Gasteiger charge is 2.17. The van der Waals surface area contributed by atoms with Crippen molar-refractivity contribution in [2.75, 3.05) is 6.54 Å². The van der Waals surface area contributed by atoms with Crippen LogP contribution in [0, 0.1) is 0 Å². The molecule has 1 aliphatic carbocycles. The van der Waals surface area contributed by atoms with Gasteiger partial charge in [0.25, 0.3) is 0 Å². The quantitative estimate of drug-likeness (QED) is 0.871. The number of hydrogen-bond donors (Lipinski definition) is 1. The molecule has 0 atom stereocenters. The molecule has 1 fully saturated rings. The van der Waals surface area contributed by atoms with Crippen LogP contribution < -0.4 is 5.32 Å². The van der Waals surface area contributed by atoms with E-state index in [-0.39, 0.29) is 5.41 Å². The molecule has 0 spiro atoms. The molecule has 1 N–H and O–H groups in total. The summed E-state index contributed by atoms with van der Waals surface area (Å²) in [6, 6.07) is 0.748. The topological polar surface area (TPSA) is 24.9 Å². The smallest absolute Gasteiger partial charge is 0.0941 e. The maximum atomic E-state index is 4.78. The molecule has 3 heteroatoms. The number of aromatic nitrogens is 1. The van der Waals surface area contributed by atoms with Crippen LogP contribution in [0.5, 0.6) is 0 Å². The van der Waals surface area contributed by atoms with Gasteiger partial charge < -0.3 is 5.32 Å². The van der Waals surface area contributed by atoms with Gasteiger partial charge in [-0.05, 0) is 12.8 Å². The van der Waals surface area contributed by atoms with Crippen LogP contribution in [-0.4, -0.2) is 17.6 Å². The van der Waals surface area contributed by atoms with Crippen molar-refractivity contribution in [2.24, 2.45) is 0 Å². The predicted octanol–water partition coefficient (Wildman–Crippen LogP) is 4.69. The van der Waals surface area contributed by atoms with Crippen molar-refractivity contribution in [1.82, 2.24) is 10.3 Å². The summed E-state index contributed by atoms with van der Waals surface area (Å²) in [6.45, 7) is 7.79. The van der Waals surface area contributed by atoms with E-state index < -0.39 is 0 Å². The van der Waals surface area contributed by atoms with E-state index in [0.717, 1.165) is 19.0 Å². The van der Waals surface area contributed by atoms with E-state index in [2.05, 4.69) is 31.5 Å². The maximum absolute atomic E-state index is 4.78. The largest absolute Gasteiger partial charge is 0.314 e. The van der Waals surface area contributed by atoms with Crippen LogP contribution in [0.3, 0.4) is 0 Å². The Morgan fingerprint density at radius 1 is 1.15 bits per heavy atom. The van der Waals surface area contributed by atoms with Gasteiger partial charge in [-0.3, -0.25) is 0 Å². The van der Waals surface area contributed by atoms with Gasteiger partial charge in [0.05, 0.1) is 10.7 Å². The lowest BCUT2D eigenvalue weighted by Crippen LogP contribution is -2.31. The second kappa shape index (κ2) is 7.56. The second-order valence-corrected chi connectivity index (χ2v) is 8.07. The van der Waals surface area contributed by atoms with Gasteiger partial charge in [-0.25, -0.2) is 4.98 Å². The van der Waals surface area contributed by atoms with Gasteiger partial charge in [-0.1, -0.05) is 52.9 Å². The first-order valence-corrected chi connectivity index (χ1v) is 9.12. The Morgan fingerprint density at radius 3 is 2.40 bits per heavy atom. The second-order valence-electron chi connectivity index (χ2n) is 7.12. The van der Waals surface area contributed by atoms with Gasteiger partial charge in [0.2, 0.25) is 0 Å². The zero-order chi connectivity index (χ0) is 14.4. The first-order chi connectivity index (χ1) is 9.55. The third kappa shape index (κ3) is 5.17.